The fourth-order valence-electron chi connectivity index (χ4n) is 4.87. The Morgan fingerprint density at radius 2 is 1.88 bits per heavy atom. The summed E-state index contributed by atoms with van der Waals surface area (Å²) in [6.07, 6.45) is 8.51. The van der Waals surface area contributed by atoms with Crippen molar-refractivity contribution in [1.29, 1.82) is 0 Å². The number of para-hydroxylation sites is 1. The first kappa shape index (κ1) is 19.5. The number of piperidine rings is 1. The van der Waals surface area contributed by atoms with E-state index in [0.717, 1.165) is 76.8 Å². The SMILES string of the molecule is Cl.O=C1N2CCC[C@@H]2COc2ccccc2CCCCC12CCNCC2. The third-order valence-corrected chi connectivity index (χ3v) is 6.41. The van der Waals surface area contributed by atoms with Crippen molar-refractivity contribution in [2.75, 3.05) is 26.2 Å². The van der Waals surface area contributed by atoms with Gasteiger partial charge in [0, 0.05) is 6.54 Å². The minimum absolute atomic E-state index is 0. The third-order valence-electron chi connectivity index (χ3n) is 6.41. The second-order valence-corrected chi connectivity index (χ2v) is 7.95. The van der Waals surface area contributed by atoms with Crippen molar-refractivity contribution < 1.29 is 9.53 Å². The molecule has 0 saturated carbocycles. The van der Waals surface area contributed by atoms with E-state index in [4.69, 9.17) is 4.74 Å². The zero-order valence-electron chi connectivity index (χ0n) is 15.5. The van der Waals surface area contributed by atoms with Crippen molar-refractivity contribution in [3.8, 4) is 5.75 Å². The van der Waals surface area contributed by atoms with Gasteiger partial charge in [-0.2, -0.15) is 0 Å². The maximum atomic E-state index is 13.5. The Balaban J connectivity index is 0.00000196. The van der Waals surface area contributed by atoms with Gasteiger partial charge in [-0.3, -0.25) is 4.79 Å². The van der Waals surface area contributed by atoms with E-state index in [2.05, 4.69) is 28.4 Å². The Kier molecular flexibility index (Phi) is 6.46. The van der Waals surface area contributed by atoms with Crippen LogP contribution in [0.2, 0.25) is 0 Å². The molecule has 0 radical (unpaired) electrons. The fourth-order valence-corrected chi connectivity index (χ4v) is 4.87. The third kappa shape index (κ3) is 3.86. The molecule has 1 atom stereocenters. The summed E-state index contributed by atoms with van der Waals surface area (Å²) in [5.41, 5.74) is 1.19. The van der Waals surface area contributed by atoms with Crippen LogP contribution >= 0.6 is 12.4 Å². The molecule has 5 heteroatoms. The molecule has 0 unspecified atom stereocenters. The van der Waals surface area contributed by atoms with Gasteiger partial charge < -0.3 is 15.0 Å². The molecule has 1 aromatic carbocycles. The number of rotatable bonds is 0. The molecule has 144 valence electrons. The zero-order valence-corrected chi connectivity index (χ0v) is 16.4. The second-order valence-electron chi connectivity index (χ2n) is 7.95. The number of hydrogen-bond donors (Lipinski definition) is 1. The topological polar surface area (TPSA) is 41.6 Å². The van der Waals surface area contributed by atoms with Gasteiger partial charge in [0.15, 0.2) is 0 Å². The van der Waals surface area contributed by atoms with E-state index in [1.165, 1.54) is 5.56 Å². The van der Waals surface area contributed by atoms with Gasteiger partial charge in [-0.25, -0.2) is 0 Å². The highest BCUT2D eigenvalue weighted by molar-refractivity contribution is 5.85. The predicted molar refractivity (Wildman–Crippen MR) is 106 cm³/mol. The van der Waals surface area contributed by atoms with Gasteiger partial charge in [0.05, 0.1) is 11.5 Å². The molecule has 1 aromatic rings. The van der Waals surface area contributed by atoms with E-state index in [1.807, 2.05) is 6.07 Å². The number of nitrogens with zero attached hydrogens (tertiary/aromatic N) is 1. The van der Waals surface area contributed by atoms with Crippen molar-refractivity contribution >= 4 is 18.3 Å². The molecule has 26 heavy (non-hydrogen) atoms. The van der Waals surface area contributed by atoms with Gasteiger partial charge in [0.2, 0.25) is 5.91 Å². The van der Waals surface area contributed by atoms with Crippen LogP contribution in [0.15, 0.2) is 24.3 Å². The maximum Gasteiger partial charge on any atom is 0.229 e. The number of aryl methyl sites for hydroxylation is 1. The van der Waals surface area contributed by atoms with Gasteiger partial charge in [-0.05, 0) is 69.7 Å². The summed E-state index contributed by atoms with van der Waals surface area (Å²) < 4.78 is 6.19. The van der Waals surface area contributed by atoms with E-state index < -0.39 is 0 Å². The standard InChI is InChI=1S/C21H30N2O2.ClH/c24-20-21(11-13-22-14-12-21)10-4-3-7-17-6-1-2-9-19(17)25-16-18-8-5-15-23(18)20;/h1-2,6,9,18,22H,3-5,7-8,10-16H2;1H/t18-;/m1./s1. The Hall–Kier alpha value is -1.26. The molecular weight excluding hydrogens is 348 g/mol. The van der Waals surface area contributed by atoms with Crippen molar-refractivity contribution in [3.05, 3.63) is 29.8 Å². The van der Waals surface area contributed by atoms with Crippen LogP contribution in [0.4, 0.5) is 0 Å². The molecule has 3 aliphatic rings. The van der Waals surface area contributed by atoms with Crippen LogP contribution in [0.1, 0.15) is 50.5 Å². The lowest BCUT2D eigenvalue weighted by molar-refractivity contribution is -0.146. The number of carbonyl (C=O) groups is 1. The molecule has 3 aliphatic heterocycles. The summed E-state index contributed by atoms with van der Waals surface area (Å²) in [5.74, 6) is 1.42. The molecule has 2 fully saturated rings. The molecule has 4 nitrogen and oxygen atoms in total. The maximum absolute atomic E-state index is 13.5. The molecular formula is C21H31ClN2O2. The lowest BCUT2D eigenvalue weighted by Crippen LogP contribution is -2.51. The van der Waals surface area contributed by atoms with Crippen LogP contribution in [0.25, 0.3) is 0 Å². The number of fused-ring (bicyclic) bond motifs is 2. The highest BCUT2D eigenvalue weighted by Gasteiger charge is 2.44. The summed E-state index contributed by atoms with van der Waals surface area (Å²) in [4.78, 5) is 15.7. The lowest BCUT2D eigenvalue weighted by atomic mass is 9.73. The van der Waals surface area contributed by atoms with Crippen LogP contribution in [-0.4, -0.2) is 43.1 Å². The minimum atomic E-state index is -0.132. The molecule has 0 aliphatic carbocycles. The van der Waals surface area contributed by atoms with Crippen LogP contribution in [0.5, 0.6) is 5.75 Å². The van der Waals surface area contributed by atoms with Crippen LogP contribution in [0, 0.1) is 5.41 Å². The van der Waals surface area contributed by atoms with Gasteiger partial charge in [0.1, 0.15) is 12.4 Å². The molecule has 1 amide bonds. The quantitative estimate of drug-likeness (QED) is 0.750. The largest absolute Gasteiger partial charge is 0.491 e. The number of nitrogens with one attached hydrogen (secondary N) is 1. The number of carbonyl (C=O) groups excluding carboxylic acids is 1. The van der Waals surface area contributed by atoms with Crippen LogP contribution in [0.3, 0.4) is 0 Å². The first-order chi connectivity index (χ1) is 12.3. The summed E-state index contributed by atoms with van der Waals surface area (Å²) >= 11 is 0. The summed E-state index contributed by atoms with van der Waals surface area (Å²) in [7, 11) is 0. The van der Waals surface area contributed by atoms with E-state index in [1.54, 1.807) is 0 Å². The molecule has 4 rings (SSSR count). The van der Waals surface area contributed by atoms with Gasteiger partial charge in [-0.1, -0.05) is 24.6 Å². The number of amides is 1. The van der Waals surface area contributed by atoms with E-state index in [9.17, 15) is 4.79 Å². The van der Waals surface area contributed by atoms with Crippen molar-refractivity contribution in [3.63, 3.8) is 0 Å². The smallest absolute Gasteiger partial charge is 0.229 e. The van der Waals surface area contributed by atoms with Crippen LogP contribution < -0.4 is 10.1 Å². The van der Waals surface area contributed by atoms with Gasteiger partial charge in [-0.15, -0.1) is 12.4 Å². The fraction of sp³-hybridized carbons (Fsp3) is 0.667. The van der Waals surface area contributed by atoms with E-state index in [-0.39, 0.29) is 23.9 Å². The number of benzene rings is 1. The molecule has 2 saturated heterocycles. The molecule has 3 heterocycles. The Morgan fingerprint density at radius 1 is 1.08 bits per heavy atom. The molecule has 1 N–H and O–H groups in total. The zero-order chi connectivity index (χ0) is 17.1. The molecule has 0 aromatic heterocycles. The predicted octanol–water partition coefficient (Wildman–Crippen LogP) is 3.57. The number of hydrogen-bond acceptors (Lipinski definition) is 3. The summed E-state index contributed by atoms with van der Waals surface area (Å²) in [5, 5.41) is 3.44. The minimum Gasteiger partial charge on any atom is -0.491 e. The summed E-state index contributed by atoms with van der Waals surface area (Å²) in [6, 6.07) is 8.67. The average Bonchev–Trinajstić information content (AvgIpc) is 3.12. The Bertz CT molecular complexity index is 616. The second kappa shape index (κ2) is 8.62. The first-order valence-electron chi connectivity index (χ1n) is 10.0. The normalized spacial score (nSPS) is 25.9. The van der Waals surface area contributed by atoms with Gasteiger partial charge in [0.25, 0.3) is 0 Å². The lowest BCUT2D eigenvalue weighted by Gasteiger charge is -2.41. The molecule has 0 bridgehead atoms. The Morgan fingerprint density at radius 3 is 2.73 bits per heavy atom. The number of ether oxygens (including phenoxy) is 1. The van der Waals surface area contributed by atoms with Crippen molar-refractivity contribution in [2.45, 2.75) is 57.4 Å². The summed E-state index contributed by atoms with van der Waals surface area (Å²) in [6.45, 7) is 3.49. The average molecular weight is 379 g/mol. The van der Waals surface area contributed by atoms with Crippen molar-refractivity contribution in [2.24, 2.45) is 5.41 Å². The van der Waals surface area contributed by atoms with E-state index >= 15 is 0 Å². The van der Waals surface area contributed by atoms with E-state index in [0.29, 0.717) is 12.5 Å². The first-order valence-corrected chi connectivity index (χ1v) is 10.0. The highest BCUT2D eigenvalue weighted by atomic mass is 35.5. The highest BCUT2D eigenvalue weighted by Crippen LogP contribution is 2.39. The van der Waals surface area contributed by atoms with Gasteiger partial charge >= 0.3 is 0 Å². The van der Waals surface area contributed by atoms with Crippen LogP contribution in [-0.2, 0) is 11.2 Å². The Labute approximate surface area is 163 Å². The monoisotopic (exact) mass is 378 g/mol. The molecule has 1 spiro atoms. The van der Waals surface area contributed by atoms with Crippen molar-refractivity contribution in [1.82, 2.24) is 10.2 Å². The number of halogens is 1.